The Morgan fingerprint density at radius 1 is 1.15 bits per heavy atom. The molecular weight excluding hydrogens is 515 g/mol. The van der Waals surface area contributed by atoms with E-state index in [0.29, 0.717) is 40.0 Å². The van der Waals surface area contributed by atoms with Gasteiger partial charge in [0.2, 0.25) is 11.8 Å². The van der Waals surface area contributed by atoms with Gasteiger partial charge < -0.3 is 29.3 Å². The van der Waals surface area contributed by atoms with Gasteiger partial charge in [-0.2, -0.15) is 0 Å². The SMILES string of the molecule is C=C(F)C(=O)Nc1cc(Nc2ncc(-c3nnc(C)o3)c(-c3cn(C)c4ccccc34)n2)c(OC)cc1N(C)C. The molecule has 0 unspecified atom stereocenters. The first kappa shape index (κ1) is 26.4. The van der Waals surface area contributed by atoms with Crippen molar-refractivity contribution in [1.29, 1.82) is 0 Å². The standard InChI is InChI=1S/C28H27FN8O3/c1-15(29)26(38)31-20-11-21(24(39-6)12-23(20)36(3)4)32-28-30-13-18(27-35-34-16(2)40-27)25(33-28)19-14-37(5)22-10-8-7-9-17(19)22/h7-14H,1H2,2-6H3,(H,31,38)(H,30,32,33). The number of nitrogens with zero attached hydrogens (tertiary/aromatic N) is 6. The Morgan fingerprint density at radius 2 is 1.93 bits per heavy atom. The van der Waals surface area contributed by atoms with Crippen LogP contribution in [0.4, 0.5) is 27.4 Å². The fraction of sp³-hybridized carbons (Fsp3) is 0.179. The van der Waals surface area contributed by atoms with Crippen molar-refractivity contribution in [2.75, 3.05) is 36.7 Å². The van der Waals surface area contributed by atoms with Gasteiger partial charge in [-0.25, -0.2) is 14.4 Å². The van der Waals surface area contributed by atoms with Crippen LogP contribution in [-0.2, 0) is 11.8 Å². The first-order chi connectivity index (χ1) is 19.2. The van der Waals surface area contributed by atoms with E-state index in [1.165, 1.54) is 7.11 Å². The van der Waals surface area contributed by atoms with Crippen molar-refractivity contribution in [3.63, 3.8) is 0 Å². The van der Waals surface area contributed by atoms with E-state index in [0.717, 1.165) is 16.5 Å². The zero-order valence-electron chi connectivity index (χ0n) is 22.6. The lowest BCUT2D eigenvalue weighted by Crippen LogP contribution is -2.17. The van der Waals surface area contributed by atoms with Crippen LogP contribution in [0.3, 0.4) is 0 Å². The molecule has 3 heterocycles. The number of carbonyl (C=O) groups excluding carboxylic acids is 1. The lowest BCUT2D eigenvalue weighted by Gasteiger charge is -2.21. The Labute approximate surface area is 229 Å². The Morgan fingerprint density at radius 3 is 2.60 bits per heavy atom. The Hall–Kier alpha value is -5.26. The molecule has 0 aliphatic carbocycles. The Bertz CT molecular complexity index is 1760. The number of anilines is 4. The third kappa shape index (κ3) is 4.94. The molecule has 0 radical (unpaired) electrons. The summed E-state index contributed by atoms with van der Waals surface area (Å²) in [6, 6.07) is 11.3. The molecule has 0 saturated carbocycles. The number of nitrogens with one attached hydrogen (secondary N) is 2. The second kappa shape index (κ2) is 10.5. The molecule has 5 rings (SSSR count). The molecule has 3 aromatic heterocycles. The van der Waals surface area contributed by atoms with E-state index in [4.69, 9.17) is 14.1 Å². The van der Waals surface area contributed by atoms with Gasteiger partial charge in [0.15, 0.2) is 5.83 Å². The van der Waals surface area contributed by atoms with Crippen molar-refractivity contribution in [2.45, 2.75) is 6.92 Å². The first-order valence-electron chi connectivity index (χ1n) is 12.2. The van der Waals surface area contributed by atoms with Crippen LogP contribution >= 0.6 is 0 Å². The maximum Gasteiger partial charge on any atom is 0.283 e. The molecule has 0 aliphatic rings. The van der Waals surface area contributed by atoms with Crippen LogP contribution in [0.5, 0.6) is 5.75 Å². The molecule has 0 bridgehead atoms. The van der Waals surface area contributed by atoms with Crippen LogP contribution < -0.4 is 20.3 Å². The maximum atomic E-state index is 13.5. The summed E-state index contributed by atoms with van der Waals surface area (Å²) in [5.74, 6) is -0.662. The minimum absolute atomic E-state index is 0.242. The molecule has 0 spiro atoms. The number of rotatable bonds is 8. The van der Waals surface area contributed by atoms with Crippen LogP contribution in [0.1, 0.15) is 5.89 Å². The molecule has 0 fully saturated rings. The van der Waals surface area contributed by atoms with Crippen molar-refractivity contribution >= 4 is 39.8 Å². The molecule has 12 heteroatoms. The molecule has 40 heavy (non-hydrogen) atoms. The average molecular weight is 543 g/mol. The van der Waals surface area contributed by atoms with E-state index >= 15 is 0 Å². The maximum absolute atomic E-state index is 13.5. The number of halogens is 1. The highest BCUT2D eigenvalue weighted by Gasteiger charge is 2.21. The van der Waals surface area contributed by atoms with Crippen molar-refractivity contribution in [2.24, 2.45) is 7.05 Å². The van der Waals surface area contributed by atoms with E-state index in [9.17, 15) is 9.18 Å². The number of fused-ring (bicyclic) bond motifs is 1. The summed E-state index contributed by atoms with van der Waals surface area (Å²) >= 11 is 0. The van der Waals surface area contributed by atoms with Gasteiger partial charge in [-0.05, 0) is 12.1 Å². The van der Waals surface area contributed by atoms with Crippen molar-refractivity contribution in [3.05, 3.63) is 67.1 Å². The second-order valence-electron chi connectivity index (χ2n) is 9.20. The number of amides is 1. The van der Waals surface area contributed by atoms with Gasteiger partial charge in [-0.15, -0.1) is 10.2 Å². The van der Waals surface area contributed by atoms with Crippen molar-refractivity contribution in [3.8, 4) is 28.5 Å². The van der Waals surface area contributed by atoms with Crippen LogP contribution in [0.2, 0.25) is 0 Å². The lowest BCUT2D eigenvalue weighted by molar-refractivity contribution is -0.114. The first-order valence-corrected chi connectivity index (χ1v) is 12.2. The average Bonchev–Trinajstić information content (AvgIpc) is 3.51. The van der Waals surface area contributed by atoms with Crippen LogP contribution in [0.25, 0.3) is 33.6 Å². The molecule has 11 nitrogen and oxygen atoms in total. The fourth-order valence-corrected chi connectivity index (χ4v) is 4.36. The number of methoxy groups -OCH3 is 1. The minimum atomic E-state index is -1.11. The van der Waals surface area contributed by atoms with Crippen molar-refractivity contribution in [1.82, 2.24) is 24.7 Å². The predicted octanol–water partition coefficient (Wildman–Crippen LogP) is 5.23. The van der Waals surface area contributed by atoms with Crippen LogP contribution in [0.15, 0.2) is 65.6 Å². The van der Waals surface area contributed by atoms with Gasteiger partial charge in [0.05, 0.1) is 35.4 Å². The van der Waals surface area contributed by atoms with Gasteiger partial charge in [-0.1, -0.05) is 24.8 Å². The van der Waals surface area contributed by atoms with Gasteiger partial charge in [0.25, 0.3) is 11.8 Å². The topological polar surface area (TPSA) is 123 Å². The summed E-state index contributed by atoms with van der Waals surface area (Å²) in [5, 5.41) is 14.8. The predicted molar refractivity (Wildman–Crippen MR) is 151 cm³/mol. The summed E-state index contributed by atoms with van der Waals surface area (Å²) in [6.07, 6.45) is 3.59. The van der Waals surface area contributed by atoms with Gasteiger partial charge in [-0.3, -0.25) is 4.79 Å². The molecule has 0 aliphatic heterocycles. The monoisotopic (exact) mass is 542 g/mol. The Balaban J connectivity index is 1.64. The summed E-state index contributed by atoms with van der Waals surface area (Å²) in [5.41, 5.74) is 4.38. The highest BCUT2D eigenvalue weighted by atomic mass is 19.1. The fourth-order valence-electron chi connectivity index (χ4n) is 4.36. The molecule has 2 N–H and O–H groups in total. The number of carbonyl (C=O) groups is 1. The lowest BCUT2D eigenvalue weighted by atomic mass is 10.1. The summed E-state index contributed by atoms with van der Waals surface area (Å²) in [6.45, 7) is 4.79. The zero-order chi connectivity index (χ0) is 28.6. The molecule has 0 atom stereocenters. The van der Waals surface area contributed by atoms with E-state index in [2.05, 4.69) is 32.4 Å². The quantitative estimate of drug-likeness (QED) is 0.254. The van der Waals surface area contributed by atoms with E-state index in [1.54, 1.807) is 44.2 Å². The van der Waals surface area contributed by atoms with E-state index < -0.39 is 11.7 Å². The highest BCUT2D eigenvalue weighted by Crippen LogP contribution is 2.39. The molecule has 2 aromatic carbocycles. The summed E-state index contributed by atoms with van der Waals surface area (Å²) in [4.78, 5) is 23.2. The Kier molecular flexibility index (Phi) is 6.91. The van der Waals surface area contributed by atoms with Crippen molar-refractivity contribution < 1.29 is 18.3 Å². The molecule has 5 aromatic rings. The van der Waals surface area contributed by atoms with Gasteiger partial charge in [0.1, 0.15) is 5.75 Å². The molecule has 204 valence electrons. The number of hydrogen-bond donors (Lipinski definition) is 2. The number of benzene rings is 2. The number of para-hydroxylation sites is 1. The smallest absolute Gasteiger partial charge is 0.283 e. The molecular formula is C28H27FN8O3. The number of aryl methyl sites for hydroxylation is 2. The third-order valence-corrected chi connectivity index (χ3v) is 6.24. The zero-order valence-corrected chi connectivity index (χ0v) is 22.6. The number of aromatic nitrogens is 5. The molecule has 0 saturated heterocycles. The minimum Gasteiger partial charge on any atom is -0.494 e. The highest BCUT2D eigenvalue weighted by molar-refractivity contribution is 6.04. The summed E-state index contributed by atoms with van der Waals surface area (Å²) < 4.78 is 26.8. The number of hydrogen-bond acceptors (Lipinski definition) is 9. The summed E-state index contributed by atoms with van der Waals surface area (Å²) in [7, 11) is 7.06. The van der Waals surface area contributed by atoms with E-state index in [-0.39, 0.29) is 11.8 Å². The second-order valence-corrected chi connectivity index (χ2v) is 9.20. The van der Waals surface area contributed by atoms with E-state index in [1.807, 2.05) is 42.1 Å². The third-order valence-electron chi connectivity index (χ3n) is 6.24. The van der Waals surface area contributed by atoms with Gasteiger partial charge in [0, 0.05) is 63.0 Å². The van der Waals surface area contributed by atoms with Crippen LogP contribution in [0, 0.1) is 6.92 Å². The molecule has 1 amide bonds. The normalized spacial score (nSPS) is 10.9. The largest absolute Gasteiger partial charge is 0.494 e. The number of ether oxygens (including phenoxy) is 1. The van der Waals surface area contributed by atoms with Crippen LogP contribution in [-0.4, -0.2) is 51.8 Å². The van der Waals surface area contributed by atoms with Gasteiger partial charge >= 0.3 is 0 Å².